The highest BCUT2D eigenvalue weighted by Crippen LogP contribution is 2.24. The van der Waals surface area contributed by atoms with Gasteiger partial charge in [0.05, 0.1) is 6.54 Å². The van der Waals surface area contributed by atoms with Gasteiger partial charge in [-0.15, -0.1) is 0 Å². The second-order valence-electron chi connectivity index (χ2n) is 8.14. The van der Waals surface area contributed by atoms with Gasteiger partial charge in [0.2, 0.25) is 0 Å². The van der Waals surface area contributed by atoms with Gasteiger partial charge in [-0.3, -0.25) is 14.5 Å². The highest BCUT2D eigenvalue weighted by molar-refractivity contribution is 5.97. The molecule has 28 heavy (non-hydrogen) atoms. The number of rotatable bonds is 8. The average molecular weight is 390 g/mol. The molecule has 1 aromatic carbocycles. The summed E-state index contributed by atoms with van der Waals surface area (Å²) in [5, 5.41) is 12.6. The van der Waals surface area contributed by atoms with Gasteiger partial charge in [-0.1, -0.05) is 26.8 Å². The minimum absolute atomic E-state index is 0.0654. The van der Waals surface area contributed by atoms with E-state index < -0.39 is 5.97 Å². The van der Waals surface area contributed by atoms with Gasteiger partial charge >= 0.3 is 5.97 Å². The summed E-state index contributed by atoms with van der Waals surface area (Å²) in [5.41, 5.74) is 2.75. The maximum atomic E-state index is 13.1. The van der Waals surface area contributed by atoms with Crippen molar-refractivity contribution in [1.29, 1.82) is 0 Å². The Kier molecular flexibility index (Phi) is 7.87. The number of anilines is 1. The normalized spacial score (nSPS) is 16.5. The number of nitrogens with zero attached hydrogens (tertiary/aromatic N) is 2. The van der Waals surface area contributed by atoms with Crippen molar-refractivity contribution in [2.24, 2.45) is 5.92 Å². The van der Waals surface area contributed by atoms with Crippen LogP contribution in [0.2, 0.25) is 0 Å². The number of carbonyl (C=O) groups is 2. The van der Waals surface area contributed by atoms with Gasteiger partial charge in [0, 0.05) is 36.4 Å². The molecule has 0 radical (unpaired) electrons. The van der Waals surface area contributed by atoms with E-state index in [1.807, 2.05) is 41.8 Å². The Bertz CT molecular complexity index is 682. The Hall–Kier alpha value is -2.08. The van der Waals surface area contributed by atoms with E-state index in [1.54, 1.807) is 0 Å². The average Bonchev–Trinajstić information content (AvgIpc) is 2.67. The minimum Gasteiger partial charge on any atom is -0.480 e. The van der Waals surface area contributed by atoms with E-state index >= 15 is 0 Å². The molecule has 6 nitrogen and oxygen atoms in total. The van der Waals surface area contributed by atoms with Crippen molar-refractivity contribution < 1.29 is 14.7 Å². The lowest BCUT2D eigenvalue weighted by molar-refractivity contribution is -0.139. The first-order valence-electron chi connectivity index (χ1n) is 10.4. The summed E-state index contributed by atoms with van der Waals surface area (Å²) in [4.78, 5) is 28.1. The molecular formula is C22H35N3O3. The van der Waals surface area contributed by atoms with Crippen LogP contribution in [0.25, 0.3) is 0 Å². The topological polar surface area (TPSA) is 72.9 Å². The Balaban J connectivity index is 2.04. The number of likely N-dealkylation sites (tertiary alicyclic amines) is 1. The van der Waals surface area contributed by atoms with E-state index in [0.29, 0.717) is 31.6 Å². The minimum atomic E-state index is -0.795. The molecule has 1 saturated heterocycles. The number of likely N-dealkylation sites (N-methyl/N-ethyl adjacent to an activating group) is 1. The van der Waals surface area contributed by atoms with E-state index in [9.17, 15) is 9.59 Å². The van der Waals surface area contributed by atoms with Gasteiger partial charge in [0.25, 0.3) is 5.91 Å². The molecule has 0 aromatic heterocycles. The molecule has 1 aromatic rings. The zero-order chi connectivity index (χ0) is 20.8. The van der Waals surface area contributed by atoms with E-state index in [1.165, 1.54) is 0 Å². The summed E-state index contributed by atoms with van der Waals surface area (Å²) in [5.74, 6) is -0.223. The fraction of sp³-hybridized carbons (Fsp3) is 0.636. The summed E-state index contributed by atoms with van der Waals surface area (Å²) in [6, 6.07) is 6.42. The number of amides is 1. The van der Waals surface area contributed by atoms with Crippen LogP contribution in [0.4, 0.5) is 5.69 Å². The van der Waals surface area contributed by atoms with Crippen molar-refractivity contribution in [2.75, 3.05) is 31.5 Å². The van der Waals surface area contributed by atoms with Crippen LogP contribution in [-0.4, -0.2) is 65.0 Å². The van der Waals surface area contributed by atoms with E-state index in [2.05, 4.69) is 26.1 Å². The monoisotopic (exact) mass is 389 g/mol. The Morgan fingerprint density at radius 2 is 1.89 bits per heavy atom. The molecule has 1 unspecified atom stereocenters. The number of carboxylic acid groups (broad SMARTS) is 1. The molecule has 0 spiro atoms. The standard InChI is InChI=1S/C22H35N3O3/c1-6-24(14-21(26)27)18-10-12-25(13-11-18)22(28)19-8-7-9-20(16(19)4)23-17(5)15(2)3/h7-9,15,17-18,23H,6,10-14H2,1-5H3,(H,26,27). The summed E-state index contributed by atoms with van der Waals surface area (Å²) >= 11 is 0. The number of piperidine rings is 1. The predicted octanol–water partition coefficient (Wildman–Crippen LogP) is 3.46. The van der Waals surface area contributed by atoms with Crippen molar-refractivity contribution in [3.63, 3.8) is 0 Å². The van der Waals surface area contributed by atoms with Crippen LogP contribution in [0.1, 0.15) is 56.5 Å². The van der Waals surface area contributed by atoms with Gasteiger partial charge in [-0.05, 0) is 56.8 Å². The summed E-state index contributed by atoms with van der Waals surface area (Å²) in [6.45, 7) is 12.6. The van der Waals surface area contributed by atoms with Gasteiger partial charge < -0.3 is 15.3 Å². The van der Waals surface area contributed by atoms with E-state index in [4.69, 9.17) is 5.11 Å². The number of hydrogen-bond acceptors (Lipinski definition) is 4. The van der Waals surface area contributed by atoms with Crippen LogP contribution >= 0.6 is 0 Å². The van der Waals surface area contributed by atoms with Crippen molar-refractivity contribution >= 4 is 17.6 Å². The first-order chi connectivity index (χ1) is 13.2. The van der Waals surface area contributed by atoms with Crippen molar-refractivity contribution in [3.8, 4) is 0 Å². The smallest absolute Gasteiger partial charge is 0.317 e. The zero-order valence-corrected chi connectivity index (χ0v) is 17.9. The first-order valence-corrected chi connectivity index (χ1v) is 10.4. The number of benzene rings is 1. The van der Waals surface area contributed by atoms with Crippen molar-refractivity contribution in [3.05, 3.63) is 29.3 Å². The first kappa shape index (κ1) is 22.2. The molecule has 0 bridgehead atoms. The molecule has 0 aliphatic carbocycles. The van der Waals surface area contributed by atoms with Gasteiger partial charge in [0.1, 0.15) is 0 Å². The number of carboxylic acids is 1. The lowest BCUT2D eigenvalue weighted by Crippen LogP contribution is -2.48. The fourth-order valence-corrected chi connectivity index (χ4v) is 3.71. The largest absolute Gasteiger partial charge is 0.480 e. The molecule has 1 amide bonds. The lowest BCUT2D eigenvalue weighted by atomic mass is 9.99. The van der Waals surface area contributed by atoms with Crippen LogP contribution in [0.15, 0.2) is 18.2 Å². The second-order valence-corrected chi connectivity index (χ2v) is 8.14. The maximum Gasteiger partial charge on any atom is 0.317 e. The molecule has 1 atom stereocenters. The van der Waals surface area contributed by atoms with Crippen LogP contribution in [0.3, 0.4) is 0 Å². The molecule has 1 fully saturated rings. The quantitative estimate of drug-likeness (QED) is 0.712. The summed E-state index contributed by atoms with van der Waals surface area (Å²) < 4.78 is 0. The molecular weight excluding hydrogens is 354 g/mol. The Labute approximate surface area is 168 Å². The van der Waals surface area contributed by atoms with Crippen molar-refractivity contribution in [1.82, 2.24) is 9.80 Å². The zero-order valence-electron chi connectivity index (χ0n) is 17.9. The van der Waals surface area contributed by atoms with Crippen LogP contribution in [0, 0.1) is 12.8 Å². The van der Waals surface area contributed by atoms with Gasteiger partial charge in [-0.2, -0.15) is 0 Å². The van der Waals surface area contributed by atoms with Crippen LogP contribution < -0.4 is 5.32 Å². The maximum absolute atomic E-state index is 13.1. The van der Waals surface area contributed by atoms with Crippen LogP contribution in [-0.2, 0) is 4.79 Å². The van der Waals surface area contributed by atoms with Crippen LogP contribution in [0.5, 0.6) is 0 Å². The van der Waals surface area contributed by atoms with Gasteiger partial charge in [-0.25, -0.2) is 0 Å². The number of nitrogens with one attached hydrogen (secondary N) is 1. The van der Waals surface area contributed by atoms with Crippen molar-refractivity contribution in [2.45, 2.75) is 59.5 Å². The number of hydrogen-bond donors (Lipinski definition) is 2. The highest BCUT2D eigenvalue weighted by Gasteiger charge is 2.28. The van der Waals surface area contributed by atoms with Gasteiger partial charge in [0.15, 0.2) is 0 Å². The third-order valence-electron chi connectivity index (χ3n) is 5.96. The predicted molar refractivity (Wildman–Crippen MR) is 113 cm³/mol. The third kappa shape index (κ3) is 5.47. The summed E-state index contributed by atoms with van der Waals surface area (Å²) in [7, 11) is 0. The van der Waals surface area contributed by atoms with E-state index in [-0.39, 0.29) is 18.5 Å². The molecule has 156 valence electrons. The molecule has 0 saturated carbocycles. The Morgan fingerprint density at radius 3 is 2.43 bits per heavy atom. The molecule has 1 aliphatic rings. The molecule has 1 heterocycles. The molecule has 6 heteroatoms. The highest BCUT2D eigenvalue weighted by atomic mass is 16.4. The SMILES string of the molecule is CCN(CC(=O)O)C1CCN(C(=O)c2cccc(NC(C)C(C)C)c2C)CC1. The van der Waals surface area contributed by atoms with E-state index in [0.717, 1.165) is 29.7 Å². The lowest BCUT2D eigenvalue weighted by Gasteiger charge is -2.37. The second kappa shape index (κ2) is 9.92. The molecule has 2 N–H and O–H groups in total. The molecule has 2 rings (SSSR count). The third-order valence-corrected chi connectivity index (χ3v) is 5.96. The summed E-state index contributed by atoms with van der Waals surface area (Å²) in [6.07, 6.45) is 1.63. The number of carbonyl (C=O) groups excluding carboxylic acids is 1. The molecule has 1 aliphatic heterocycles. The Morgan fingerprint density at radius 1 is 1.25 bits per heavy atom. The fourth-order valence-electron chi connectivity index (χ4n) is 3.71. The number of aliphatic carboxylic acids is 1.